The van der Waals surface area contributed by atoms with Crippen molar-refractivity contribution in [2.75, 3.05) is 5.88 Å². The second-order valence-corrected chi connectivity index (χ2v) is 4.03. The van der Waals surface area contributed by atoms with E-state index >= 15 is 0 Å². The molecule has 0 unspecified atom stereocenters. The molecular weight excluding hydrogens is 240 g/mol. The smallest absolute Gasteiger partial charge is 0.234 e. The lowest BCUT2D eigenvalue weighted by atomic mass is 10.3. The fourth-order valence-corrected chi connectivity index (χ4v) is 1.87. The van der Waals surface area contributed by atoms with Gasteiger partial charge in [0.15, 0.2) is 11.6 Å². The molecule has 1 heterocycles. The Morgan fingerprint density at radius 1 is 1.35 bits per heavy atom. The number of rotatable bonds is 3. The molecule has 88 valence electrons. The largest absolute Gasteiger partial charge is 0.291 e. The molecule has 0 saturated heterocycles. The monoisotopic (exact) mass is 250 g/mol. The van der Waals surface area contributed by atoms with Crippen molar-refractivity contribution in [3.63, 3.8) is 0 Å². The molecule has 0 atom stereocenters. The van der Waals surface area contributed by atoms with Crippen LogP contribution < -0.4 is 0 Å². The lowest BCUT2D eigenvalue weighted by molar-refractivity contribution is 0.0889. The number of alkyl halides is 1. The van der Waals surface area contributed by atoms with Gasteiger partial charge < -0.3 is 0 Å². The standard InChI is InChI=1S/C12H11ClN2O2/c1-8(16)12-14-9-4-2-3-5-10(9)15(12)11(17)6-7-13/h2-5H,6-7H2,1H3. The Kier molecular flexibility index (Phi) is 3.24. The number of benzene rings is 1. The number of para-hydroxylation sites is 2. The summed E-state index contributed by atoms with van der Waals surface area (Å²) < 4.78 is 1.35. The fraction of sp³-hybridized carbons (Fsp3) is 0.250. The molecule has 2 rings (SSSR count). The lowest BCUT2D eigenvalue weighted by Crippen LogP contribution is -2.16. The Bertz CT molecular complexity index is 589. The van der Waals surface area contributed by atoms with E-state index in [0.29, 0.717) is 11.0 Å². The van der Waals surface area contributed by atoms with Crippen LogP contribution >= 0.6 is 11.6 Å². The van der Waals surface area contributed by atoms with Gasteiger partial charge in [-0.25, -0.2) is 4.98 Å². The van der Waals surface area contributed by atoms with E-state index in [-0.39, 0.29) is 29.8 Å². The highest BCUT2D eigenvalue weighted by molar-refractivity contribution is 6.19. The number of carbonyl (C=O) groups is 2. The minimum absolute atomic E-state index is 0.168. The molecule has 0 amide bonds. The molecule has 0 saturated carbocycles. The molecule has 5 heteroatoms. The van der Waals surface area contributed by atoms with Crippen molar-refractivity contribution in [3.8, 4) is 0 Å². The van der Waals surface area contributed by atoms with Crippen molar-refractivity contribution in [3.05, 3.63) is 30.1 Å². The lowest BCUT2D eigenvalue weighted by Gasteiger charge is -2.03. The van der Waals surface area contributed by atoms with E-state index < -0.39 is 0 Å². The molecule has 0 radical (unpaired) electrons. The number of Topliss-reactive ketones (excluding diaryl/α,β-unsaturated/α-hetero) is 1. The van der Waals surface area contributed by atoms with Crippen LogP contribution in [0.1, 0.15) is 28.8 Å². The van der Waals surface area contributed by atoms with Crippen LogP contribution in [0.5, 0.6) is 0 Å². The van der Waals surface area contributed by atoms with Gasteiger partial charge in [0, 0.05) is 19.2 Å². The van der Waals surface area contributed by atoms with E-state index in [4.69, 9.17) is 11.6 Å². The molecule has 17 heavy (non-hydrogen) atoms. The second kappa shape index (κ2) is 4.67. The summed E-state index contributed by atoms with van der Waals surface area (Å²) in [6.07, 6.45) is 0.183. The zero-order valence-corrected chi connectivity index (χ0v) is 10.1. The van der Waals surface area contributed by atoms with Gasteiger partial charge in [0.1, 0.15) is 0 Å². The maximum atomic E-state index is 11.9. The van der Waals surface area contributed by atoms with Gasteiger partial charge in [-0.3, -0.25) is 14.2 Å². The Morgan fingerprint density at radius 3 is 2.71 bits per heavy atom. The fourth-order valence-electron chi connectivity index (χ4n) is 1.71. The summed E-state index contributed by atoms with van der Waals surface area (Å²) in [5.74, 6) is -0.0489. The average Bonchev–Trinajstić information content (AvgIpc) is 2.68. The van der Waals surface area contributed by atoms with E-state index in [1.54, 1.807) is 18.2 Å². The summed E-state index contributed by atoms with van der Waals surface area (Å²) in [5.41, 5.74) is 1.29. The van der Waals surface area contributed by atoms with Crippen LogP contribution in [0.3, 0.4) is 0 Å². The van der Waals surface area contributed by atoms with Gasteiger partial charge in [0.25, 0.3) is 0 Å². The number of halogens is 1. The Labute approximate surface area is 103 Å². The normalized spacial score (nSPS) is 10.7. The van der Waals surface area contributed by atoms with Crippen molar-refractivity contribution in [1.29, 1.82) is 0 Å². The third-order valence-electron chi connectivity index (χ3n) is 2.43. The molecule has 4 nitrogen and oxygen atoms in total. The molecule has 0 spiro atoms. The molecule has 0 aliphatic rings. The van der Waals surface area contributed by atoms with Gasteiger partial charge >= 0.3 is 0 Å². The van der Waals surface area contributed by atoms with E-state index in [1.807, 2.05) is 6.07 Å². The zero-order chi connectivity index (χ0) is 12.4. The summed E-state index contributed by atoms with van der Waals surface area (Å²) in [4.78, 5) is 27.6. The molecule has 1 aromatic heterocycles. The number of ketones is 1. The van der Waals surface area contributed by atoms with Crippen molar-refractivity contribution >= 4 is 34.3 Å². The minimum Gasteiger partial charge on any atom is -0.291 e. The van der Waals surface area contributed by atoms with E-state index in [2.05, 4.69) is 4.98 Å². The number of hydrogen-bond acceptors (Lipinski definition) is 3. The number of nitrogens with zero attached hydrogens (tertiary/aromatic N) is 2. The molecule has 2 aromatic rings. The van der Waals surface area contributed by atoms with Crippen LogP contribution in [0.15, 0.2) is 24.3 Å². The second-order valence-electron chi connectivity index (χ2n) is 3.65. The van der Waals surface area contributed by atoms with Crippen molar-refractivity contribution in [2.45, 2.75) is 13.3 Å². The van der Waals surface area contributed by atoms with Gasteiger partial charge in [-0.2, -0.15) is 0 Å². The topological polar surface area (TPSA) is 52.0 Å². The van der Waals surface area contributed by atoms with Crippen LogP contribution in [-0.4, -0.2) is 27.1 Å². The first kappa shape index (κ1) is 11.8. The van der Waals surface area contributed by atoms with Gasteiger partial charge in [-0.1, -0.05) is 12.1 Å². The first-order valence-corrected chi connectivity index (χ1v) is 5.76. The van der Waals surface area contributed by atoms with Crippen LogP contribution in [0.25, 0.3) is 11.0 Å². The van der Waals surface area contributed by atoms with Gasteiger partial charge in [-0.15, -0.1) is 11.6 Å². The SMILES string of the molecule is CC(=O)c1nc2ccccc2n1C(=O)CCCl. The first-order valence-electron chi connectivity index (χ1n) is 5.22. The van der Waals surface area contributed by atoms with Gasteiger partial charge in [0.2, 0.25) is 5.91 Å². The van der Waals surface area contributed by atoms with Gasteiger partial charge in [-0.05, 0) is 12.1 Å². The predicted octanol–water partition coefficient (Wildman–Crippen LogP) is 2.51. The first-order chi connectivity index (χ1) is 8.15. The van der Waals surface area contributed by atoms with E-state index in [1.165, 1.54) is 11.5 Å². The van der Waals surface area contributed by atoms with E-state index in [9.17, 15) is 9.59 Å². The highest BCUT2D eigenvalue weighted by Gasteiger charge is 2.18. The highest BCUT2D eigenvalue weighted by Crippen LogP contribution is 2.17. The maximum Gasteiger partial charge on any atom is 0.234 e. The Balaban J connectivity index is 2.68. The number of fused-ring (bicyclic) bond motifs is 1. The molecule has 0 bridgehead atoms. The average molecular weight is 251 g/mol. The summed E-state index contributed by atoms with van der Waals surface area (Å²) in [6, 6.07) is 7.15. The Morgan fingerprint density at radius 2 is 2.06 bits per heavy atom. The quantitative estimate of drug-likeness (QED) is 0.621. The van der Waals surface area contributed by atoms with E-state index in [0.717, 1.165) is 0 Å². The predicted molar refractivity (Wildman–Crippen MR) is 65.7 cm³/mol. The zero-order valence-electron chi connectivity index (χ0n) is 9.31. The molecule has 0 N–H and O–H groups in total. The third kappa shape index (κ3) is 2.08. The molecule has 0 aliphatic heterocycles. The Hall–Kier alpha value is -1.68. The summed E-state index contributed by atoms with van der Waals surface area (Å²) >= 11 is 5.56. The summed E-state index contributed by atoms with van der Waals surface area (Å²) in [6.45, 7) is 1.39. The molecule has 0 fully saturated rings. The van der Waals surface area contributed by atoms with Crippen LogP contribution in [0, 0.1) is 0 Å². The summed E-state index contributed by atoms with van der Waals surface area (Å²) in [7, 11) is 0. The number of imidazole rings is 1. The molecule has 1 aromatic carbocycles. The van der Waals surface area contributed by atoms with Crippen LogP contribution in [-0.2, 0) is 0 Å². The number of carbonyl (C=O) groups excluding carboxylic acids is 2. The van der Waals surface area contributed by atoms with Gasteiger partial charge in [0.05, 0.1) is 11.0 Å². The minimum atomic E-state index is -0.232. The highest BCUT2D eigenvalue weighted by atomic mass is 35.5. The molecule has 0 aliphatic carbocycles. The van der Waals surface area contributed by atoms with Crippen molar-refractivity contribution < 1.29 is 9.59 Å². The van der Waals surface area contributed by atoms with Crippen molar-refractivity contribution in [1.82, 2.24) is 9.55 Å². The molecular formula is C12H11ClN2O2. The van der Waals surface area contributed by atoms with Crippen LogP contribution in [0.4, 0.5) is 0 Å². The third-order valence-corrected chi connectivity index (χ3v) is 2.62. The van der Waals surface area contributed by atoms with Crippen molar-refractivity contribution in [2.24, 2.45) is 0 Å². The maximum absolute atomic E-state index is 11.9. The number of aromatic nitrogens is 2. The summed E-state index contributed by atoms with van der Waals surface area (Å²) in [5, 5.41) is 0. The number of hydrogen-bond donors (Lipinski definition) is 0. The van der Waals surface area contributed by atoms with Crippen LogP contribution in [0.2, 0.25) is 0 Å².